The van der Waals surface area contributed by atoms with Crippen LogP contribution in [0.4, 0.5) is 9.18 Å². The molecule has 2 saturated carbocycles. The third kappa shape index (κ3) is 8.59. The summed E-state index contributed by atoms with van der Waals surface area (Å²) in [7, 11) is -2.56. The maximum Gasteiger partial charge on any atom is 0.408 e. The summed E-state index contributed by atoms with van der Waals surface area (Å²) in [5.41, 5.74) is -2.42. The van der Waals surface area contributed by atoms with E-state index >= 15 is 0 Å². The van der Waals surface area contributed by atoms with Crippen LogP contribution in [0.3, 0.4) is 0 Å². The number of rotatable bonds is 8. The maximum atomic E-state index is 14.9. The lowest BCUT2D eigenvalue weighted by molar-refractivity contribution is -0.142. The second-order valence-electron chi connectivity index (χ2n) is 17.1. The molecule has 3 N–H and O–H groups in total. The second-order valence-corrected chi connectivity index (χ2v) is 19.3. The lowest BCUT2D eigenvalue weighted by Crippen LogP contribution is -2.59. The molecule has 306 valence electrons. The SMILES string of the molecule is CC[C@@H]1C[C@H](C)CC/C=C\[C@@H]2C[C@@]2(C(=O)NS(=O)(=O)C2(C)CC2)NC(=O)[C@@H]2C[C@@H](Oc3ncc(F)c4cc(OC)ccc34)CN2C(=O)[C@H]1NC(=O)OC(C)(C)C. The van der Waals surface area contributed by atoms with Gasteiger partial charge < -0.3 is 29.7 Å². The Balaban J connectivity index is 1.37. The third-order valence-corrected chi connectivity index (χ3v) is 13.7. The molecule has 14 nitrogen and oxygen atoms in total. The van der Waals surface area contributed by atoms with Crippen LogP contribution in [-0.2, 0) is 29.1 Å². The predicted octanol–water partition coefficient (Wildman–Crippen LogP) is 4.90. The number of amides is 4. The number of hydrogen-bond acceptors (Lipinski definition) is 10. The van der Waals surface area contributed by atoms with Crippen molar-refractivity contribution >= 4 is 44.6 Å². The smallest absolute Gasteiger partial charge is 0.408 e. The fourth-order valence-corrected chi connectivity index (χ4v) is 9.10. The number of ether oxygens (including phenoxy) is 3. The summed E-state index contributed by atoms with van der Waals surface area (Å²) in [6.07, 6.45) is 6.69. The molecule has 0 radical (unpaired) electrons. The van der Waals surface area contributed by atoms with Crippen LogP contribution in [0.2, 0.25) is 0 Å². The number of pyridine rings is 1. The molecule has 0 bridgehead atoms. The molecule has 1 aromatic heterocycles. The average Bonchev–Trinajstić information content (AvgIpc) is 4.01. The quantitative estimate of drug-likeness (QED) is 0.311. The third-order valence-electron chi connectivity index (χ3n) is 11.6. The molecule has 6 rings (SSSR count). The second kappa shape index (κ2) is 15.5. The van der Waals surface area contributed by atoms with Crippen LogP contribution in [0.1, 0.15) is 92.9 Å². The number of fused-ring (bicyclic) bond motifs is 3. The number of allylic oxidation sites excluding steroid dienone is 1. The standard InChI is InChI=1S/C40H54FN5O9S/c1-8-24-17-23(2)11-9-10-12-25-20-40(25,36(49)45-56(51,52)39(6)15-16-39)44-33(47)31-19-27(22-46(31)35(48)32(24)43-37(50)55-38(3,4)5)54-34-28-14-13-26(53-7)18-29(28)30(41)21-42-34/h10,12-14,18,21,23-25,27,31-32H,8-9,11,15-17,19-20,22H2,1-7H3,(H,43,50)(H,44,47)(H,45,49)/b12-10-/t23-,24-,25-,27-,31+,32+,40-/m1/s1. The Morgan fingerprint density at radius 1 is 1.14 bits per heavy atom. The van der Waals surface area contributed by atoms with E-state index in [2.05, 4.69) is 27.3 Å². The zero-order valence-corrected chi connectivity index (χ0v) is 34.0. The molecule has 56 heavy (non-hydrogen) atoms. The molecule has 0 unspecified atom stereocenters. The summed E-state index contributed by atoms with van der Waals surface area (Å²) in [4.78, 5) is 62.2. The highest BCUT2D eigenvalue weighted by molar-refractivity contribution is 7.91. The topological polar surface area (TPSA) is 182 Å². The van der Waals surface area contributed by atoms with Crippen LogP contribution >= 0.6 is 0 Å². The molecule has 2 aliphatic carbocycles. The Hall–Kier alpha value is -4.47. The van der Waals surface area contributed by atoms with Gasteiger partial charge in [0, 0.05) is 23.1 Å². The van der Waals surface area contributed by atoms with Gasteiger partial charge in [0.1, 0.15) is 40.9 Å². The fraction of sp³-hybridized carbons (Fsp3) is 0.625. The van der Waals surface area contributed by atoms with Gasteiger partial charge in [-0.1, -0.05) is 32.4 Å². The molecular weight excluding hydrogens is 746 g/mol. The van der Waals surface area contributed by atoms with Crippen molar-refractivity contribution < 1.29 is 46.2 Å². The van der Waals surface area contributed by atoms with Gasteiger partial charge in [-0.15, -0.1) is 0 Å². The highest BCUT2D eigenvalue weighted by atomic mass is 32.2. The van der Waals surface area contributed by atoms with E-state index in [0.717, 1.165) is 12.6 Å². The molecule has 3 fully saturated rings. The van der Waals surface area contributed by atoms with Gasteiger partial charge >= 0.3 is 6.09 Å². The first-order valence-electron chi connectivity index (χ1n) is 19.4. The van der Waals surface area contributed by atoms with Crippen LogP contribution in [-0.4, -0.2) is 89.8 Å². The summed E-state index contributed by atoms with van der Waals surface area (Å²) < 4.78 is 59.7. The number of nitrogens with one attached hydrogen (secondary N) is 3. The molecule has 2 aliphatic heterocycles. The lowest BCUT2D eigenvalue weighted by atomic mass is 9.85. The van der Waals surface area contributed by atoms with Gasteiger partial charge in [-0.05, 0) is 96.3 Å². The van der Waals surface area contributed by atoms with Crippen LogP contribution in [0.5, 0.6) is 11.6 Å². The summed E-state index contributed by atoms with van der Waals surface area (Å²) in [5.74, 6) is -2.82. The number of alkyl carbamates (subject to hydrolysis) is 1. The Labute approximate surface area is 327 Å². The molecule has 0 spiro atoms. The van der Waals surface area contributed by atoms with Crippen molar-refractivity contribution in [2.75, 3.05) is 13.7 Å². The van der Waals surface area contributed by atoms with Crippen LogP contribution in [0.15, 0.2) is 36.5 Å². The summed E-state index contributed by atoms with van der Waals surface area (Å²) in [5, 5.41) is 6.25. The zero-order chi connectivity index (χ0) is 40.8. The van der Waals surface area contributed by atoms with E-state index in [1.165, 1.54) is 18.1 Å². The number of benzene rings is 1. The Morgan fingerprint density at radius 2 is 1.88 bits per heavy atom. The normalized spacial score (nSPS) is 29.8. The first-order chi connectivity index (χ1) is 26.3. The van der Waals surface area contributed by atoms with E-state index in [9.17, 15) is 32.0 Å². The van der Waals surface area contributed by atoms with Crippen LogP contribution in [0, 0.1) is 23.6 Å². The van der Waals surface area contributed by atoms with Crippen molar-refractivity contribution in [1.82, 2.24) is 25.2 Å². The minimum absolute atomic E-state index is 0.0464. The van der Waals surface area contributed by atoms with E-state index in [1.54, 1.807) is 39.8 Å². The van der Waals surface area contributed by atoms with Gasteiger partial charge in [0.05, 0.1) is 24.6 Å². The van der Waals surface area contributed by atoms with E-state index in [0.29, 0.717) is 43.2 Å². The van der Waals surface area contributed by atoms with E-state index in [4.69, 9.17) is 14.2 Å². The monoisotopic (exact) mass is 799 g/mol. The van der Waals surface area contributed by atoms with Gasteiger partial charge in [0.15, 0.2) is 0 Å². The Morgan fingerprint density at radius 3 is 2.54 bits per heavy atom. The number of methoxy groups -OCH3 is 1. The molecule has 1 saturated heterocycles. The lowest BCUT2D eigenvalue weighted by Gasteiger charge is -2.34. The molecule has 7 atom stereocenters. The van der Waals surface area contributed by atoms with E-state index in [-0.39, 0.29) is 42.5 Å². The number of aromatic nitrogens is 1. The summed E-state index contributed by atoms with van der Waals surface area (Å²) in [6.45, 7) is 10.6. The molecule has 16 heteroatoms. The van der Waals surface area contributed by atoms with Crippen molar-refractivity contribution in [2.45, 2.75) is 127 Å². The van der Waals surface area contributed by atoms with E-state index < -0.39 is 79.6 Å². The average molecular weight is 800 g/mol. The predicted molar refractivity (Wildman–Crippen MR) is 206 cm³/mol. The van der Waals surface area contributed by atoms with Crippen LogP contribution < -0.4 is 24.8 Å². The zero-order valence-electron chi connectivity index (χ0n) is 33.1. The molecule has 4 amide bonds. The maximum absolute atomic E-state index is 14.9. The first kappa shape index (κ1) is 41.2. The minimum atomic E-state index is -4.03. The van der Waals surface area contributed by atoms with Gasteiger partial charge in [-0.3, -0.25) is 19.1 Å². The number of nitrogens with zero attached hydrogens (tertiary/aromatic N) is 2. The van der Waals surface area contributed by atoms with Crippen LogP contribution in [0.25, 0.3) is 10.8 Å². The molecule has 1 aromatic carbocycles. The number of hydrogen-bond donors (Lipinski definition) is 3. The molecule has 3 heterocycles. The van der Waals surface area contributed by atoms with Crippen molar-refractivity contribution in [3.63, 3.8) is 0 Å². The number of sulfonamides is 1. The van der Waals surface area contributed by atoms with E-state index in [1.807, 2.05) is 19.1 Å². The van der Waals surface area contributed by atoms with Crippen molar-refractivity contribution in [3.05, 3.63) is 42.4 Å². The Bertz CT molecular complexity index is 2020. The Kier molecular flexibility index (Phi) is 11.4. The molecule has 4 aliphatic rings. The highest BCUT2D eigenvalue weighted by Crippen LogP contribution is 2.47. The number of carbonyl (C=O) groups excluding carboxylic acids is 4. The van der Waals surface area contributed by atoms with Crippen molar-refractivity contribution in [3.8, 4) is 11.6 Å². The minimum Gasteiger partial charge on any atom is -0.497 e. The fourth-order valence-electron chi connectivity index (χ4n) is 7.79. The van der Waals surface area contributed by atoms with Gasteiger partial charge in [0.2, 0.25) is 27.7 Å². The highest BCUT2D eigenvalue weighted by Gasteiger charge is 2.63. The molecular formula is C40H54FN5O9S. The molecule has 2 aromatic rings. The van der Waals surface area contributed by atoms with Crippen molar-refractivity contribution in [2.24, 2.45) is 17.8 Å². The summed E-state index contributed by atoms with van der Waals surface area (Å²) >= 11 is 0. The summed E-state index contributed by atoms with van der Waals surface area (Å²) in [6, 6.07) is 2.48. The van der Waals surface area contributed by atoms with Gasteiger partial charge in [-0.2, -0.15) is 0 Å². The van der Waals surface area contributed by atoms with Crippen molar-refractivity contribution in [1.29, 1.82) is 0 Å². The first-order valence-corrected chi connectivity index (χ1v) is 20.9. The van der Waals surface area contributed by atoms with Gasteiger partial charge in [0.25, 0.3) is 5.91 Å². The van der Waals surface area contributed by atoms with Gasteiger partial charge in [-0.25, -0.2) is 22.6 Å². The largest absolute Gasteiger partial charge is 0.497 e. The number of halogens is 1. The number of carbonyl (C=O) groups is 4.